The van der Waals surface area contributed by atoms with Gasteiger partial charge in [0, 0.05) is 0 Å². The number of amides is 2. The van der Waals surface area contributed by atoms with E-state index < -0.39 is 0 Å². The van der Waals surface area contributed by atoms with E-state index >= 15 is 0 Å². The van der Waals surface area contributed by atoms with Gasteiger partial charge in [0.25, 0.3) is 11.8 Å². The van der Waals surface area contributed by atoms with Gasteiger partial charge in [-0.05, 0) is 36.2 Å². The second-order valence-corrected chi connectivity index (χ2v) is 5.04. The van der Waals surface area contributed by atoms with Crippen molar-refractivity contribution in [3.8, 4) is 5.75 Å². The van der Waals surface area contributed by atoms with Crippen LogP contribution < -0.4 is 4.74 Å². The second-order valence-electron chi connectivity index (χ2n) is 5.04. The highest BCUT2D eigenvalue weighted by atomic mass is 16.5. The Morgan fingerprint density at radius 1 is 1.00 bits per heavy atom. The number of carbonyl (C=O) groups is 2. The van der Waals surface area contributed by atoms with Crippen LogP contribution in [0.4, 0.5) is 0 Å². The highest BCUT2D eigenvalue weighted by Gasteiger charge is 2.36. The van der Waals surface area contributed by atoms with E-state index in [1.165, 1.54) is 4.90 Å². The largest absolute Gasteiger partial charge is 0.497 e. The summed E-state index contributed by atoms with van der Waals surface area (Å²) in [6.07, 6.45) is 0. The Hall–Kier alpha value is -2.62. The first-order chi connectivity index (χ1) is 10.1. The topological polar surface area (TPSA) is 46.6 Å². The zero-order chi connectivity index (χ0) is 15.0. The molecule has 0 aromatic heterocycles. The van der Waals surface area contributed by atoms with Crippen LogP contribution in [0.25, 0.3) is 0 Å². The summed E-state index contributed by atoms with van der Waals surface area (Å²) in [4.78, 5) is 26.1. The monoisotopic (exact) mass is 281 g/mol. The zero-order valence-electron chi connectivity index (χ0n) is 11.9. The molecule has 4 heteroatoms. The molecule has 3 rings (SSSR count). The normalized spacial score (nSPS) is 13.5. The zero-order valence-corrected chi connectivity index (χ0v) is 11.9. The number of fused-ring (bicyclic) bond motifs is 1. The summed E-state index contributed by atoms with van der Waals surface area (Å²) >= 11 is 0. The molecule has 0 atom stereocenters. The van der Waals surface area contributed by atoms with Gasteiger partial charge in [-0.15, -0.1) is 0 Å². The first-order valence-corrected chi connectivity index (χ1v) is 6.70. The van der Waals surface area contributed by atoms with Gasteiger partial charge in [0.05, 0.1) is 24.8 Å². The molecule has 21 heavy (non-hydrogen) atoms. The van der Waals surface area contributed by atoms with Crippen molar-refractivity contribution < 1.29 is 14.3 Å². The molecule has 0 saturated carbocycles. The Bertz CT molecular complexity index is 719. The Morgan fingerprint density at radius 3 is 2.33 bits per heavy atom. The number of hydrogen-bond acceptors (Lipinski definition) is 3. The van der Waals surface area contributed by atoms with Crippen LogP contribution in [0, 0.1) is 6.92 Å². The van der Waals surface area contributed by atoms with Gasteiger partial charge in [-0.3, -0.25) is 14.5 Å². The van der Waals surface area contributed by atoms with Gasteiger partial charge in [0.1, 0.15) is 5.75 Å². The average molecular weight is 281 g/mol. The molecule has 0 bridgehead atoms. The summed E-state index contributed by atoms with van der Waals surface area (Å²) in [5, 5.41) is 0. The summed E-state index contributed by atoms with van der Waals surface area (Å²) in [7, 11) is 1.60. The van der Waals surface area contributed by atoms with Gasteiger partial charge in [-0.2, -0.15) is 0 Å². The fraction of sp³-hybridized carbons (Fsp3) is 0.176. The third kappa shape index (κ3) is 2.18. The minimum Gasteiger partial charge on any atom is -0.497 e. The molecule has 0 N–H and O–H groups in total. The third-order valence-corrected chi connectivity index (χ3v) is 3.71. The quantitative estimate of drug-likeness (QED) is 0.813. The summed E-state index contributed by atoms with van der Waals surface area (Å²) in [6, 6.07) is 12.7. The van der Waals surface area contributed by atoms with Gasteiger partial charge in [-0.1, -0.05) is 24.3 Å². The van der Waals surface area contributed by atoms with Crippen LogP contribution in [0.1, 0.15) is 31.8 Å². The molecule has 0 spiro atoms. The summed E-state index contributed by atoms with van der Waals surface area (Å²) in [5.41, 5.74) is 2.75. The molecule has 1 aliphatic rings. The van der Waals surface area contributed by atoms with Crippen LogP contribution in [-0.2, 0) is 6.54 Å². The van der Waals surface area contributed by atoms with Crippen molar-refractivity contribution in [1.82, 2.24) is 4.90 Å². The molecular weight excluding hydrogens is 266 g/mol. The molecule has 0 unspecified atom stereocenters. The third-order valence-electron chi connectivity index (χ3n) is 3.71. The van der Waals surface area contributed by atoms with E-state index in [9.17, 15) is 9.59 Å². The summed E-state index contributed by atoms with van der Waals surface area (Å²) in [6.45, 7) is 2.12. The van der Waals surface area contributed by atoms with E-state index in [1.807, 2.05) is 37.3 Å². The molecule has 0 aliphatic carbocycles. The van der Waals surface area contributed by atoms with E-state index in [0.29, 0.717) is 11.1 Å². The Balaban J connectivity index is 1.89. The first kappa shape index (κ1) is 13.4. The number of carbonyl (C=O) groups excluding carboxylic acids is 2. The van der Waals surface area contributed by atoms with E-state index in [0.717, 1.165) is 16.9 Å². The molecule has 2 amide bonds. The smallest absolute Gasteiger partial charge is 0.262 e. The maximum absolute atomic E-state index is 12.4. The fourth-order valence-corrected chi connectivity index (χ4v) is 2.56. The minimum atomic E-state index is -0.227. The molecule has 0 fully saturated rings. The van der Waals surface area contributed by atoms with E-state index in [-0.39, 0.29) is 18.4 Å². The molecule has 4 nitrogen and oxygen atoms in total. The number of aryl methyl sites for hydroxylation is 1. The highest BCUT2D eigenvalue weighted by molar-refractivity contribution is 6.21. The van der Waals surface area contributed by atoms with Crippen molar-refractivity contribution in [2.75, 3.05) is 7.11 Å². The van der Waals surface area contributed by atoms with Crippen molar-refractivity contribution in [1.29, 1.82) is 0 Å². The van der Waals surface area contributed by atoms with Crippen LogP contribution in [0.3, 0.4) is 0 Å². The van der Waals surface area contributed by atoms with Crippen molar-refractivity contribution in [3.63, 3.8) is 0 Å². The van der Waals surface area contributed by atoms with Gasteiger partial charge < -0.3 is 4.74 Å². The number of benzene rings is 2. The SMILES string of the molecule is COc1ccc(CN2C(=O)c3cccc(C)c3C2=O)cc1. The molecule has 1 heterocycles. The van der Waals surface area contributed by atoms with Crippen LogP contribution in [-0.4, -0.2) is 23.8 Å². The fourth-order valence-electron chi connectivity index (χ4n) is 2.56. The number of rotatable bonds is 3. The predicted octanol–water partition coefficient (Wildman–Crippen LogP) is 2.80. The van der Waals surface area contributed by atoms with Crippen LogP contribution >= 0.6 is 0 Å². The lowest BCUT2D eigenvalue weighted by molar-refractivity contribution is 0.0642. The van der Waals surface area contributed by atoms with Crippen LogP contribution in [0.5, 0.6) is 5.75 Å². The Kier molecular flexibility index (Phi) is 3.22. The number of imide groups is 1. The van der Waals surface area contributed by atoms with E-state index in [1.54, 1.807) is 19.2 Å². The van der Waals surface area contributed by atoms with Gasteiger partial charge in [0.15, 0.2) is 0 Å². The van der Waals surface area contributed by atoms with Crippen molar-refractivity contribution in [2.24, 2.45) is 0 Å². The average Bonchev–Trinajstić information content (AvgIpc) is 2.74. The number of hydrogen-bond donors (Lipinski definition) is 0. The predicted molar refractivity (Wildman–Crippen MR) is 78.4 cm³/mol. The van der Waals surface area contributed by atoms with Gasteiger partial charge in [-0.25, -0.2) is 0 Å². The molecule has 106 valence electrons. The number of nitrogens with zero attached hydrogens (tertiary/aromatic N) is 1. The maximum atomic E-state index is 12.4. The molecule has 0 saturated heterocycles. The van der Waals surface area contributed by atoms with Crippen molar-refractivity contribution >= 4 is 11.8 Å². The minimum absolute atomic E-state index is 0.219. The molecular formula is C17H15NO3. The summed E-state index contributed by atoms with van der Waals surface area (Å²) < 4.78 is 5.10. The van der Waals surface area contributed by atoms with Crippen LogP contribution in [0.15, 0.2) is 42.5 Å². The van der Waals surface area contributed by atoms with Gasteiger partial charge >= 0.3 is 0 Å². The standard InChI is InChI=1S/C17H15NO3/c1-11-4-3-5-14-15(11)17(20)18(16(14)19)10-12-6-8-13(21-2)9-7-12/h3-9H,10H2,1-2H3. The molecule has 2 aromatic carbocycles. The maximum Gasteiger partial charge on any atom is 0.262 e. The molecule has 0 radical (unpaired) electrons. The van der Waals surface area contributed by atoms with E-state index in [4.69, 9.17) is 4.74 Å². The van der Waals surface area contributed by atoms with Crippen molar-refractivity contribution in [3.05, 3.63) is 64.7 Å². The second kappa shape index (κ2) is 5.05. The lowest BCUT2D eigenvalue weighted by Gasteiger charge is -2.14. The lowest BCUT2D eigenvalue weighted by atomic mass is 10.0. The van der Waals surface area contributed by atoms with Crippen molar-refractivity contribution in [2.45, 2.75) is 13.5 Å². The number of methoxy groups -OCH3 is 1. The summed E-state index contributed by atoms with van der Waals surface area (Å²) in [5.74, 6) is 0.301. The van der Waals surface area contributed by atoms with Gasteiger partial charge in [0.2, 0.25) is 0 Å². The lowest BCUT2D eigenvalue weighted by Crippen LogP contribution is -2.29. The van der Waals surface area contributed by atoms with Crippen LogP contribution in [0.2, 0.25) is 0 Å². The Morgan fingerprint density at radius 2 is 1.71 bits per heavy atom. The highest BCUT2D eigenvalue weighted by Crippen LogP contribution is 2.27. The van der Waals surface area contributed by atoms with E-state index in [2.05, 4.69) is 0 Å². The number of ether oxygens (including phenoxy) is 1. The first-order valence-electron chi connectivity index (χ1n) is 6.70. The molecule has 2 aromatic rings. The Labute approximate surface area is 123 Å². The molecule has 1 aliphatic heterocycles.